The van der Waals surface area contributed by atoms with Gasteiger partial charge in [0, 0.05) is 32.1 Å². The van der Waals surface area contributed by atoms with E-state index in [0.29, 0.717) is 24.4 Å². The molecule has 1 heterocycles. The lowest BCUT2D eigenvalue weighted by Crippen LogP contribution is -2.47. The number of rotatable bonds is 3. The first-order chi connectivity index (χ1) is 9.97. The molecule has 1 aliphatic heterocycles. The minimum atomic E-state index is -0.278. The van der Waals surface area contributed by atoms with E-state index in [2.05, 4.69) is 0 Å². The molecule has 0 aliphatic carbocycles. The average Bonchev–Trinajstić information content (AvgIpc) is 2.46. The van der Waals surface area contributed by atoms with Gasteiger partial charge in [0.15, 0.2) is 0 Å². The van der Waals surface area contributed by atoms with Crippen molar-refractivity contribution in [2.45, 2.75) is 25.8 Å². The Morgan fingerprint density at radius 3 is 2.62 bits per heavy atom. The maximum Gasteiger partial charge on any atom is 0.227 e. The van der Waals surface area contributed by atoms with Crippen LogP contribution in [0.4, 0.5) is 0 Å². The molecular weight excluding hydrogens is 288 g/mol. The van der Waals surface area contributed by atoms with E-state index >= 15 is 0 Å². The third-order valence-corrected chi connectivity index (χ3v) is 4.37. The molecular formula is C16H21ClN2O2. The summed E-state index contributed by atoms with van der Waals surface area (Å²) in [7, 11) is 3.50. The number of amides is 2. The number of likely N-dealkylation sites (tertiary alicyclic amines) is 1. The van der Waals surface area contributed by atoms with Crippen LogP contribution >= 0.6 is 11.6 Å². The second kappa shape index (κ2) is 6.48. The molecule has 0 N–H and O–H groups in total. The topological polar surface area (TPSA) is 40.6 Å². The third kappa shape index (κ3) is 3.05. The van der Waals surface area contributed by atoms with Gasteiger partial charge in [-0.2, -0.15) is 0 Å². The number of nitrogens with zero attached hydrogens (tertiary/aromatic N) is 2. The number of piperidine rings is 1. The van der Waals surface area contributed by atoms with Gasteiger partial charge in [0.1, 0.15) is 0 Å². The van der Waals surface area contributed by atoms with E-state index in [4.69, 9.17) is 11.6 Å². The van der Waals surface area contributed by atoms with Gasteiger partial charge in [0.05, 0.1) is 12.0 Å². The van der Waals surface area contributed by atoms with Crippen molar-refractivity contribution in [3.63, 3.8) is 0 Å². The Morgan fingerprint density at radius 2 is 2.05 bits per heavy atom. The lowest BCUT2D eigenvalue weighted by atomic mass is 9.83. The van der Waals surface area contributed by atoms with Crippen molar-refractivity contribution in [3.8, 4) is 0 Å². The van der Waals surface area contributed by atoms with Gasteiger partial charge in [-0.1, -0.05) is 29.8 Å². The normalized spacial score (nSPS) is 22.3. The minimum Gasteiger partial charge on any atom is -0.349 e. The summed E-state index contributed by atoms with van der Waals surface area (Å²) in [6.45, 7) is 2.51. The van der Waals surface area contributed by atoms with Crippen LogP contribution in [0.2, 0.25) is 5.02 Å². The molecule has 1 aromatic carbocycles. The summed E-state index contributed by atoms with van der Waals surface area (Å²) in [6.07, 6.45) is 0.987. The molecule has 21 heavy (non-hydrogen) atoms. The lowest BCUT2D eigenvalue weighted by Gasteiger charge is -2.41. The van der Waals surface area contributed by atoms with Crippen molar-refractivity contribution < 1.29 is 9.59 Å². The highest BCUT2D eigenvalue weighted by atomic mass is 35.5. The predicted molar refractivity (Wildman–Crippen MR) is 83.0 cm³/mol. The number of benzene rings is 1. The molecule has 2 amide bonds. The van der Waals surface area contributed by atoms with E-state index < -0.39 is 0 Å². The number of halogens is 1. The maximum atomic E-state index is 12.5. The Balaban J connectivity index is 2.47. The van der Waals surface area contributed by atoms with Crippen LogP contribution in [0.15, 0.2) is 24.3 Å². The zero-order valence-corrected chi connectivity index (χ0v) is 13.4. The third-order valence-electron chi connectivity index (χ3n) is 4.03. The van der Waals surface area contributed by atoms with Crippen LogP contribution in [-0.2, 0) is 9.59 Å². The second-order valence-electron chi connectivity index (χ2n) is 5.52. The highest BCUT2D eigenvalue weighted by Crippen LogP contribution is 2.40. The van der Waals surface area contributed by atoms with Crippen LogP contribution in [0, 0.1) is 5.92 Å². The van der Waals surface area contributed by atoms with Crippen molar-refractivity contribution >= 4 is 23.4 Å². The molecule has 114 valence electrons. The highest BCUT2D eigenvalue weighted by Gasteiger charge is 2.41. The summed E-state index contributed by atoms with van der Waals surface area (Å²) in [4.78, 5) is 28.1. The molecule has 0 aromatic heterocycles. The fraction of sp³-hybridized carbons (Fsp3) is 0.500. The van der Waals surface area contributed by atoms with Crippen LogP contribution in [0.5, 0.6) is 0 Å². The quantitative estimate of drug-likeness (QED) is 0.861. The van der Waals surface area contributed by atoms with Crippen molar-refractivity contribution in [1.29, 1.82) is 0 Å². The van der Waals surface area contributed by atoms with E-state index in [1.54, 1.807) is 30.0 Å². The molecule has 4 nitrogen and oxygen atoms in total. The summed E-state index contributed by atoms with van der Waals surface area (Å²) in [5, 5.41) is 0.604. The lowest BCUT2D eigenvalue weighted by molar-refractivity contribution is -0.146. The zero-order valence-electron chi connectivity index (χ0n) is 12.7. The van der Waals surface area contributed by atoms with Crippen LogP contribution < -0.4 is 0 Å². The number of hydrogen-bond donors (Lipinski definition) is 0. The largest absolute Gasteiger partial charge is 0.349 e. The highest BCUT2D eigenvalue weighted by molar-refractivity contribution is 6.31. The SMILES string of the molecule is CCN1C(=O)CC[C@@H](C(=O)N(C)C)[C@@H]1c1ccccc1Cl. The molecule has 2 rings (SSSR count). The van der Waals surface area contributed by atoms with Crippen molar-refractivity contribution in [3.05, 3.63) is 34.9 Å². The van der Waals surface area contributed by atoms with Gasteiger partial charge < -0.3 is 9.80 Å². The van der Waals surface area contributed by atoms with Gasteiger partial charge in [-0.25, -0.2) is 0 Å². The molecule has 0 bridgehead atoms. The minimum absolute atomic E-state index is 0.0471. The first-order valence-electron chi connectivity index (χ1n) is 7.22. The molecule has 1 aromatic rings. The Bertz CT molecular complexity index is 545. The fourth-order valence-corrected chi connectivity index (χ4v) is 3.26. The van der Waals surface area contributed by atoms with Gasteiger partial charge in [-0.05, 0) is 25.0 Å². The molecule has 0 unspecified atom stereocenters. The maximum absolute atomic E-state index is 12.5. The standard InChI is InChI=1S/C16H21ClN2O2/c1-4-19-14(20)10-9-12(16(21)18(2)3)15(19)11-7-5-6-8-13(11)17/h5-8,12,15H,4,9-10H2,1-3H3/t12-,15+/m1/s1. The summed E-state index contributed by atoms with van der Waals surface area (Å²) >= 11 is 6.31. The van der Waals surface area contributed by atoms with Crippen LogP contribution in [0.3, 0.4) is 0 Å². The molecule has 1 aliphatic rings. The van der Waals surface area contributed by atoms with Gasteiger partial charge in [-0.15, -0.1) is 0 Å². The van der Waals surface area contributed by atoms with E-state index in [1.807, 2.05) is 25.1 Å². The fourth-order valence-electron chi connectivity index (χ4n) is 3.02. The molecule has 0 saturated carbocycles. The van der Waals surface area contributed by atoms with E-state index in [1.165, 1.54) is 0 Å². The van der Waals surface area contributed by atoms with E-state index in [-0.39, 0.29) is 23.8 Å². The summed E-state index contributed by atoms with van der Waals surface area (Å²) in [5.41, 5.74) is 0.856. The van der Waals surface area contributed by atoms with Crippen molar-refractivity contribution in [2.75, 3.05) is 20.6 Å². The van der Waals surface area contributed by atoms with Crippen LogP contribution in [0.1, 0.15) is 31.4 Å². The number of hydrogen-bond acceptors (Lipinski definition) is 2. The van der Waals surface area contributed by atoms with E-state index in [0.717, 1.165) is 5.56 Å². The van der Waals surface area contributed by atoms with Gasteiger partial charge in [0.2, 0.25) is 11.8 Å². The Hall–Kier alpha value is -1.55. The Morgan fingerprint density at radius 1 is 1.38 bits per heavy atom. The van der Waals surface area contributed by atoms with Crippen LogP contribution in [-0.4, -0.2) is 42.3 Å². The first kappa shape index (κ1) is 15.8. The molecule has 0 spiro atoms. The Kier molecular flexibility index (Phi) is 4.88. The summed E-state index contributed by atoms with van der Waals surface area (Å²) in [6, 6.07) is 7.19. The van der Waals surface area contributed by atoms with Gasteiger partial charge in [-0.3, -0.25) is 9.59 Å². The second-order valence-corrected chi connectivity index (χ2v) is 5.93. The van der Waals surface area contributed by atoms with Crippen molar-refractivity contribution in [2.24, 2.45) is 5.92 Å². The summed E-state index contributed by atoms with van der Waals surface area (Å²) in [5.74, 6) is -0.103. The number of carbonyl (C=O) groups is 2. The summed E-state index contributed by atoms with van der Waals surface area (Å²) < 4.78 is 0. The predicted octanol–water partition coefficient (Wildman–Crippen LogP) is 2.73. The average molecular weight is 309 g/mol. The number of carbonyl (C=O) groups excluding carboxylic acids is 2. The zero-order chi connectivity index (χ0) is 15.6. The monoisotopic (exact) mass is 308 g/mol. The van der Waals surface area contributed by atoms with Crippen molar-refractivity contribution in [1.82, 2.24) is 9.80 Å². The molecule has 0 radical (unpaired) electrons. The Labute approximate surface area is 130 Å². The molecule has 2 atom stereocenters. The smallest absolute Gasteiger partial charge is 0.227 e. The molecule has 1 fully saturated rings. The van der Waals surface area contributed by atoms with Gasteiger partial charge in [0.25, 0.3) is 0 Å². The van der Waals surface area contributed by atoms with Gasteiger partial charge >= 0.3 is 0 Å². The first-order valence-corrected chi connectivity index (χ1v) is 7.60. The van der Waals surface area contributed by atoms with Crippen LogP contribution in [0.25, 0.3) is 0 Å². The van der Waals surface area contributed by atoms with E-state index in [9.17, 15) is 9.59 Å². The molecule has 5 heteroatoms. The molecule has 1 saturated heterocycles.